The van der Waals surface area contributed by atoms with Crippen LogP contribution in [-0.2, 0) is 32.6 Å². The number of carbonyl (C=O) groups is 2. The predicted molar refractivity (Wildman–Crippen MR) is 183 cm³/mol. The Hall–Kier alpha value is -4.50. The van der Waals surface area contributed by atoms with Crippen molar-refractivity contribution in [3.05, 3.63) is 131 Å². The van der Waals surface area contributed by atoms with Gasteiger partial charge in [-0.1, -0.05) is 97.1 Å². The molecule has 47 heavy (non-hydrogen) atoms. The van der Waals surface area contributed by atoms with E-state index in [1.807, 2.05) is 68.4 Å². The molecule has 0 saturated heterocycles. The van der Waals surface area contributed by atoms with Gasteiger partial charge in [-0.05, 0) is 74.2 Å². The van der Waals surface area contributed by atoms with Crippen molar-refractivity contribution in [1.29, 1.82) is 0 Å². The van der Waals surface area contributed by atoms with Gasteiger partial charge in [-0.15, -0.1) is 0 Å². The molecule has 0 aliphatic heterocycles. The molecule has 0 heterocycles. The van der Waals surface area contributed by atoms with Crippen LogP contribution in [0.25, 0.3) is 0 Å². The van der Waals surface area contributed by atoms with Crippen molar-refractivity contribution in [3.8, 4) is 0 Å². The van der Waals surface area contributed by atoms with Crippen molar-refractivity contribution < 1.29 is 22.4 Å². The molecule has 246 valence electrons. The van der Waals surface area contributed by atoms with Gasteiger partial charge in [0, 0.05) is 19.0 Å². The lowest BCUT2D eigenvalue weighted by molar-refractivity contribution is -0.140. The summed E-state index contributed by atoms with van der Waals surface area (Å²) in [5.41, 5.74) is 3.96. The fourth-order valence-corrected chi connectivity index (χ4v) is 7.38. The molecule has 4 aromatic rings. The molecule has 9 heteroatoms. The van der Waals surface area contributed by atoms with E-state index in [1.54, 1.807) is 24.3 Å². The van der Waals surface area contributed by atoms with Crippen molar-refractivity contribution in [2.75, 3.05) is 10.8 Å². The zero-order valence-electron chi connectivity index (χ0n) is 26.9. The standard InChI is InChI=1S/C38H42FN3O4S/c1-28-13-17-31(18-14-28)26-41(36(25-30-9-5-3-6-10-30)38(44)40-33-11-7-4-8-12-33)37(43)27-42(34-21-15-29(2)16-22-34)47(45,46)35-23-19-32(39)20-24-35/h3,5-6,9-10,13-24,33,36H,4,7-8,11-12,25-27H2,1-2H3,(H,40,44)/t36-/m0/s1. The van der Waals surface area contributed by atoms with Crippen LogP contribution in [0.5, 0.6) is 0 Å². The van der Waals surface area contributed by atoms with Crippen molar-refractivity contribution >= 4 is 27.5 Å². The monoisotopic (exact) mass is 655 g/mol. The third kappa shape index (κ3) is 8.86. The molecule has 5 rings (SSSR count). The van der Waals surface area contributed by atoms with Gasteiger partial charge in [0.25, 0.3) is 10.0 Å². The van der Waals surface area contributed by atoms with Gasteiger partial charge in [-0.2, -0.15) is 0 Å². The Balaban J connectivity index is 1.55. The van der Waals surface area contributed by atoms with Crippen molar-refractivity contribution in [1.82, 2.24) is 10.2 Å². The second kappa shape index (κ2) is 15.4. The van der Waals surface area contributed by atoms with E-state index in [0.717, 1.165) is 70.8 Å². The lowest BCUT2D eigenvalue weighted by Crippen LogP contribution is -2.55. The van der Waals surface area contributed by atoms with E-state index < -0.39 is 34.3 Å². The molecule has 4 aromatic carbocycles. The molecule has 0 unspecified atom stereocenters. The SMILES string of the molecule is Cc1ccc(CN(C(=O)CN(c2ccc(C)cc2)S(=O)(=O)c2ccc(F)cc2)[C@@H](Cc2ccccc2)C(=O)NC2CCCCC2)cc1. The maximum atomic E-state index is 14.6. The minimum atomic E-state index is -4.30. The molecule has 0 aromatic heterocycles. The highest BCUT2D eigenvalue weighted by molar-refractivity contribution is 7.92. The van der Waals surface area contributed by atoms with Crippen LogP contribution in [0.2, 0.25) is 0 Å². The summed E-state index contributed by atoms with van der Waals surface area (Å²) in [7, 11) is -4.30. The summed E-state index contributed by atoms with van der Waals surface area (Å²) >= 11 is 0. The number of hydrogen-bond donors (Lipinski definition) is 1. The summed E-state index contributed by atoms with van der Waals surface area (Å²) in [4.78, 5) is 30.1. The molecule has 0 radical (unpaired) electrons. The molecule has 0 spiro atoms. The maximum absolute atomic E-state index is 14.6. The minimum Gasteiger partial charge on any atom is -0.352 e. The number of nitrogens with zero attached hydrogens (tertiary/aromatic N) is 2. The first-order chi connectivity index (χ1) is 22.6. The zero-order valence-corrected chi connectivity index (χ0v) is 27.8. The predicted octanol–water partition coefficient (Wildman–Crippen LogP) is 6.73. The second-order valence-corrected chi connectivity index (χ2v) is 14.2. The average molecular weight is 656 g/mol. The van der Waals surface area contributed by atoms with Gasteiger partial charge >= 0.3 is 0 Å². The van der Waals surface area contributed by atoms with Crippen LogP contribution in [0, 0.1) is 19.7 Å². The van der Waals surface area contributed by atoms with Crippen molar-refractivity contribution in [2.45, 2.75) is 75.9 Å². The summed E-state index contributed by atoms with van der Waals surface area (Å²) in [6, 6.07) is 27.8. The van der Waals surface area contributed by atoms with Crippen LogP contribution < -0.4 is 9.62 Å². The number of anilines is 1. The van der Waals surface area contributed by atoms with Gasteiger partial charge < -0.3 is 10.2 Å². The van der Waals surface area contributed by atoms with Crippen molar-refractivity contribution in [2.24, 2.45) is 0 Å². The number of hydrogen-bond acceptors (Lipinski definition) is 4. The van der Waals surface area contributed by atoms with Crippen LogP contribution in [0.3, 0.4) is 0 Å². The van der Waals surface area contributed by atoms with Gasteiger partial charge in [0.05, 0.1) is 10.6 Å². The van der Waals surface area contributed by atoms with E-state index in [0.29, 0.717) is 0 Å². The number of sulfonamides is 1. The third-order valence-corrected chi connectivity index (χ3v) is 10.5. The fraction of sp³-hybridized carbons (Fsp3) is 0.316. The fourth-order valence-electron chi connectivity index (χ4n) is 5.96. The Morgan fingerprint density at radius 1 is 0.787 bits per heavy atom. The molecule has 0 bridgehead atoms. The number of nitrogens with one attached hydrogen (secondary N) is 1. The average Bonchev–Trinajstić information content (AvgIpc) is 3.07. The molecule has 1 aliphatic carbocycles. The minimum absolute atomic E-state index is 0.0220. The summed E-state index contributed by atoms with van der Waals surface area (Å²) in [6.45, 7) is 3.40. The molecule has 7 nitrogen and oxygen atoms in total. The summed E-state index contributed by atoms with van der Waals surface area (Å²) in [6.07, 6.45) is 5.22. The summed E-state index contributed by atoms with van der Waals surface area (Å²) in [5, 5.41) is 3.22. The first kappa shape index (κ1) is 33.9. The lowest BCUT2D eigenvalue weighted by Gasteiger charge is -2.35. The van der Waals surface area contributed by atoms with Gasteiger partial charge in [0.2, 0.25) is 11.8 Å². The molecule has 1 N–H and O–H groups in total. The number of halogens is 1. The molecule has 1 atom stereocenters. The van der Waals surface area contributed by atoms with Crippen LogP contribution in [-0.4, -0.2) is 43.8 Å². The van der Waals surface area contributed by atoms with E-state index in [2.05, 4.69) is 5.32 Å². The first-order valence-corrected chi connectivity index (χ1v) is 17.6. The van der Waals surface area contributed by atoms with E-state index >= 15 is 0 Å². The Bertz CT molecular complexity index is 1740. The summed E-state index contributed by atoms with van der Waals surface area (Å²) in [5.74, 6) is -1.36. The normalized spacial score (nSPS) is 14.3. The summed E-state index contributed by atoms with van der Waals surface area (Å²) < 4.78 is 43.0. The molecule has 2 amide bonds. The Morgan fingerprint density at radius 3 is 2.00 bits per heavy atom. The van der Waals surface area contributed by atoms with Gasteiger partial charge in [-0.25, -0.2) is 12.8 Å². The first-order valence-electron chi connectivity index (χ1n) is 16.1. The molecule has 1 aliphatic rings. The third-order valence-electron chi connectivity index (χ3n) is 8.70. The van der Waals surface area contributed by atoms with E-state index in [4.69, 9.17) is 0 Å². The number of amides is 2. The second-order valence-electron chi connectivity index (χ2n) is 12.4. The van der Waals surface area contributed by atoms with Crippen molar-refractivity contribution in [3.63, 3.8) is 0 Å². The topological polar surface area (TPSA) is 86.8 Å². The van der Waals surface area contributed by atoms with E-state index in [1.165, 1.54) is 17.0 Å². The molecular weight excluding hydrogens is 614 g/mol. The number of benzene rings is 4. The quantitative estimate of drug-likeness (QED) is 0.184. The van der Waals surface area contributed by atoms with Crippen LogP contribution in [0.15, 0.2) is 108 Å². The zero-order chi connectivity index (χ0) is 33.4. The Kier molecular flexibility index (Phi) is 11.1. The lowest BCUT2D eigenvalue weighted by atomic mass is 9.94. The van der Waals surface area contributed by atoms with Crippen LogP contribution in [0.4, 0.5) is 10.1 Å². The Morgan fingerprint density at radius 2 is 1.38 bits per heavy atom. The largest absolute Gasteiger partial charge is 0.352 e. The smallest absolute Gasteiger partial charge is 0.264 e. The maximum Gasteiger partial charge on any atom is 0.264 e. The Labute approximate surface area is 277 Å². The van der Waals surface area contributed by atoms with Gasteiger partial charge in [0.15, 0.2) is 0 Å². The number of rotatable bonds is 12. The van der Waals surface area contributed by atoms with Gasteiger partial charge in [0.1, 0.15) is 18.4 Å². The molecule has 1 saturated carbocycles. The molecular formula is C38H42FN3O4S. The number of carbonyl (C=O) groups excluding carboxylic acids is 2. The number of aryl methyl sites for hydroxylation is 2. The molecule has 1 fully saturated rings. The highest BCUT2D eigenvalue weighted by Gasteiger charge is 2.35. The highest BCUT2D eigenvalue weighted by Crippen LogP contribution is 2.26. The van der Waals surface area contributed by atoms with E-state index in [9.17, 15) is 22.4 Å². The van der Waals surface area contributed by atoms with Gasteiger partial charge in [-0.3, -0.25) is 13.9 Å². The van der Waals surface area contributed by atoms with E-state index in [-0.39, 0.29) is 35.5 Å². The van der Waals surface area contributed by atoms with Crippen LogP contribution >= 0.6 is 0 Å². The highest BCUT2D eigenvalue weighted by atomic mass is 32.2. The van der Waals surface area contributed by atoms with Crippen LogP contribution in [0.1, 0.15) is 54.4 Å².